The molecule has 30 heavy (non-hydrogen) atoms. The van der Waals surface area contributed by atoms with E-state index in [2.05, 4.69) is 26.4 Å². The van der Waals surface area contributed by atoms with Gasteiger partial charge < -0.3 is 14.9 Å². The first-order valence-electron chi connectivity index (χ1n) is 8.87. The Morgan fingerprint density at radius 3 is 2.57 bits per heavy atom. The molecular formula is C22H17BrClFN2O3. The van der Waals surface area contributed by atoms with E-state index in [1.165, 1.54) is 18.3 Å². The van der Waals surface area contributed by atoms with E-state index < -0.39 is 0 Å². The third-order valence-corrected chi connectivity index (χ3v) is 4.61. The summed E-state index contributed by atoms with van der Waals surface area (Å²) in [5.74, 6) is -0.0792. The number of carbonyl (C=O) groups excluding carboxylic acids is 1. The Kier molecular flexibility index (Phi) is 7.82. The van der Waals surface area contributed by atoms with Crippen molar-refractivity contribution in [3.63, 3.8) is 0 Å². The SMILES string of the molecule is O=C(CON=Cc1cc(Br)ccc1OCc1ccc(F)cc1)Nc1ccc(Cl)cc1. The van der Waals surface area contributed by atoms with Crippen molar-refractivity contribution in [3.8, 4) is 5.75 Å². The molecule has 3 rings (SSSR count). The summed E-state index contributed by atoms with van der Waals surface area (Å²) in [6.45, 7) is 0.0198. The molecular weight excluding hydrogens is 475 g/mol. The Labute approximate surface area is 186 Å². The third kappa shape index (κ3) is 6.86. The maximum atomic E-state index is 13.0. The van der Waals surface area contributed by atoms with E-state index in [4.69, 9.17) is 21.2 Å². The summed E-state index contributed by atoms with van der Waals surface area (Å²) in [7, 11) is 0. The topological polar surface area (TPSA) is 59.9 Å². The molecule has 1 N–H and O–H groups in total. The van der Waals surface area contributed by atoms with Crippen LogP contribution in [0.5, 0.6) is 5.75 Å². The lowest BCUT2D eigenvalue weighted by Crippen LogP contribution is -2.16. The van der Waals surface area contributed by atoms with Crippen LogP contribution in [0.4, 0.5) is 10.1 Å². The van der Waals surface area contributed by atoms with Crippen LogP contribution in [-0.4, -0.2) is 18.7 Å². The lowest BCUT2D eigenvalue weighted by Gasteiger charge is -2.10. The first-order chi connectivity index (χ1) is 14.5. The molecule has 154 valence electrons. The van der Waals surface area contributed by atoms with E-state index in [1.807, 2.05) is 6.07 Å². The smallest absolute Gasteiger partial charge is 0.265 e. The van der Waals surface area contributed by atoms with Crippen LogP contribution in [0.1, 0.15) is 11.1 Å². The molecule has 0 radical (unpaired) electrons. The number of anilines is 1. The Balaban J connectivity index is 1.55. The second-order valence-corrected chi connectivity index (χ2v) is 7.51. The number of oxime groups is 1. The maximum Gasteiger partial charge on any atom is 0.265 e. The van der Waals surface area contributed by atoms with Gasteiger partial charge in [-0.25, -0.2) is 4.39 Å². The summed E-state index contributed by atoms with van der Waals surface area (Å²) in [5, 5.41) is 7.11. The Morgan fingerprint density at radius 1 is 1.10 bits per heavy atom. The lowest BCUT2D eigenvalue weighted by atomic mass is 10.2. The molecule has 0 heterocycles. The van der Waals surface area contributed by atoms with Crippen molar-refractivity contribution in [2.75, 3.05) is 11.9 Å². The first kappa shape index (κ1) is 21.8. The van der Waals surface area contributed by atoms with E-state index in [9.17, 15) is 9.18 Å². The fourth-order valence-corrected chi connectivity index (χ4v) is 2.92. The molecule has 0 saturated heterocycles. The van der Waals surface area contributed by atoms with Crippen LogP contribution in [-0.2, 0) is 16.2 Å². The molecule has 1 amide bonds. The summed E-state index contributed by atoms with van der Waals surface area (Å²) in [5.41, 5.74) is 2.10. The molecule has 0 saturated carbocycles. The van der Waals surface area contributed by atoms with Crippen LogP contribution < -0.4 is 10.1 Å². The van der Waals surface area contributed by atoms with Gasteiger partial charge in [0.2, 0.25) is 0 Å². The highest BCUT2D eigenvalue weighted by atomic mass is 79.9. The summed E-state index contributed by atoms with van der Waals surface area (Å²) in [4.78, 5) is 17.0. The fourth-order valence-electron chi connectivity index (χ4n) is 2.41. The van der Waals surface area contributed by atoms with Crippen LogP contribution >= 0.6 is 27.5 Å². The minimum atomic E-state index is -0.350. The molecule has 0 fully saturated rings. The molecule has 0 spiro atoms. The summed E-state index contributed by atoms with van der Waals surface area (Å²) >= 11 is 9.21. The second-order valence-electron chi connectivity index (χ2n) is 6.16. The van der Waals surface area contributed by atoms with Crippen molar-refractivity contribution >= 4 is 45.3 Å². The van der Waals surface area contributed by atoms with Crippen molar-refractivity contribution in [2.24, 2.45) is 5.16 Å². The van der Waals surface area contributed by atoms with Gasteiger partial charge in [0.25, 0.3) is 5.91 Å². The molecule has 0 aliphatic heterocycles. The van der Waals surface area contributed by atoms with Crippen LogP contribution in [0.15, 0.2) is 76.4 Å². The van der Waals surface area contributed by atoms with Crippen LogP contribution in [0.25, 0.3) is 0 Å². The lowest BCUT2D eigenvalue weighted by molar-refractivity contribution is -0.120. The molecule has 3 aromatic carbocycles. The standard InChI is InChI=1S/C22H17BrClFN2O3/c23-17-3-10-21(29-13-15-1-6-19(25)7-2-15)16(11-17)12-26-30-14-22(28)27-20-8-4-18(24)5-9-20/h1-12H,13-14H2,(H,27,28). The van der Waals surface area contributed by atoms with Crippen molar-refractivity contribution in [1.82, 2.24) is 0 Å². The van der Waals surface area contributed by atoms with E-state index in [0.29, 0.717) is 22.0 Å². The van der Waals surface area contributed by atoms with Gasteiger partial charge in [0.15, 0.2) is 6.61 Å². The van der Waals surface area contributed by atoms with Crippen molar-refractivity contribution in [1.29, 1.82) is 0 Å². The highest BCUT2D eigenvalue weighted by molar-refractivity contribution is 9.10. The van der Waals surface area contributed by atoms with Gasteiger partial charge >= 0.3 is 0 Å². The third-order valence-electron chi connectivity index (χ3n) is 3.87. The van der Waals surface area contributed by atoms with E-state index in [1.54, 1.807) is 48.5 Å². The summed E-state index contributed by atoms with van der Waals surface area (Å²) in [6, 6.07) is 18.2. The molecule has 0 bridgehead atoms. The van der Waals surface area contributed by atoms with Gasteiger partial charge in [-0.15, -0.1) is 0 Å². The fraction of sp³-hybridized carbons (Fsp3) is 0.0909. The van der Waals surface area contributed by atoms with Crippen LogP contribution in [0.3, 0.4) is 0 Å². The summed E-state index contributed by atoms with van der Waals surface area (Å²) in [6.07, 6.45) is 1.46. The van der Waals surface area contributed by atoms with Gasteiger partial charge in [-0.05, 0) is 60.2 Å². The number of hydrogen-bond donors (Lipinski definition) is 1. The molecule has 0 aromatic heterocycles. The van der Waals surface area contributed by atoms with Crippen LogP contribution in [0.2, 0.25) is 5.02 Å². The zero-order chi connectivity index (χ0) is 21.3. The Hall–Kier alpha value is -2.90. The van der Waals surface area contributed by atoms with Gasteiger partial charge in [0.05, 0.1) is 6.21 Å². The van der Waals surface area contributed by atoms with Crippen LogP contribution in [0, 0.1) is 5.82 Å². The monoisotopic (exact) mass is 490 g/mol. The number of nitrogens with one attached hydrogen (secondary N) is 1. The predicted octanol–water partition coefficient (Wildman–Crippen LogP) is 5.81. The number of rotatable bonds is 8. The zero-order valence-corrected chi connectivity index (χ0v) is 18.0. The molecule has 0 aliphatic rings. The molecule has 5 nitrogen and oxygen atoms in total. The number of hydrogen-bond acceptors (Lipinski definition) is 4. The van der Waals surface area contributed by atoms with E-state index >= 15 is 0 Å². The van der Waals surface area contributed by atoms with Crippen molar-refractivity contribution in [2.45, 2.75) is 6.61 Å². The van der Waals surface area contributed by atoms with E-state index in [-0.39, 0.29) is 24.9 Å². The second kappa shape index (κ2) is 10.8. The summed E-state index contributed by atoms with van der Waals surface area (Å²) < 4.78 is 19.7. The average Bonchev–Trinajstić information content (AvgIpc) is 2.73. The van der Waals surface area contributed by atoms with Gasteiger partial charge in [-0.1, -0.05) is 44.8 Å². The average molecular weight is 492 g/mol. The van der Waals surface area contributed by atoms with E-state index in [0.717, 1.165) is 10.0 Å². The molecule has 0 aliphatic carbocycles. The van der Waals surface area contributed by atoms with Crippen molar-refractivity contribution in [3.05, 3.63) is 93.2 Å². The highest BCUT2D eigenvalue weighted by Crippen LogP contribution is 2.23. The predicted molar refractivity (Wildman–Crippen MR) is 119 cm³/mol. The molecule has 0 atom stereocenters. The molecule has 3 aromatic rings. The van der Waals surface area contributed by atoms with Crippen molar-refractivity contribution < 1.29 is 18.8 Å². The Morgan fingerprint density at radius 2 is 1.83 bits per heavy atom. The van der Waals surface area contributed by atoms with Gasteiger partial charge in [-0.2, -0.15) is 0 Å². The van der Waals surface area contributed by atoms with Gasteiger partial charge in [0.1, 0.15) is 18.2 Å². The normalized spacial score (nSPS) is 10.8. The molecule has 0 unspecified atom stereocenters. The number of halogens is 3. The minimum absolute atomic E-state index is 0.251. The number of carbonyl (C=O) groups is 1. The zero-order valence-electron chi connectivity index (χ0n) is 15.6. The quantitative estimate of drug-likeness (QED) is 0.319. The molecule has 8 heteroatoms. The number of ether oxygens (including phenoxy) is 1. The Bertz CT molecular complexity index is 1030. The number of amides is 1. The number of benzene rings is 3. The van der Waals surface area contributed by atoms with Gasteiger partial charge in [0, 0.05) is 20.7 Å². The highest BCUT2D eigenvalue weighted by Gasteiger charge is 2.06. The van der Waals surface area contributed by atoms with Gasteiger partial charge in [-0.3, -0.25) is 4.79 Å². The maximum absolute atomic E-state index is 13.0. The minimum Gasteiger partial charge on any atom is -0.488 e. The largest absolute Gasteiger partial charge is 0.488 e. The number of nitrogens with zero attached hydrogens (tertiary/aromatic N) is 1. The first-order valence-corrected chi connectivity index (χ1v) is 10.0.